The summed E-state index contributed by atoms with van der Waals surface area (Å²) in [7, 11) is 1.69. The fraction of sp³-hybridized carbons (Fsp3) is 0.333. The largest absolute Gasteiger partial charge is 0.497 e. The fourth-order valence-electron chi connectivity index (χ4n) is 2.05. The lowest BCUT2D eigenvalue weighted by atomic mass is 10.0. The summed E-state index contributed by atoms with van der Waals surface area (Å²) in [6.45, 7) is 3.10. The Bertz CT molecular complexity index is 509. The van der Waals surface area contributed by atoms with Crippen LogP contribution in [-0.2, 0) is 6.42 Å². The second kappa shape index (κ2) is 7.08. The zero-order valence-electron chi connectivity index (χ0n) is 11.2. The van der Waals surface area contributed by atoms with Gasteiger partial charge in [-0.15, -0.1) is 11.3 Å². The van der Waals surface area contributed by atoms with Gasteiger partial charge in [0, 0.05) is 27.2 Å². The van der Waals surface area contributed by atoms with Crippen LogP contribution < -0.4 is 10.1 Å². The fourth-order valence-corrected chi connectivity index (χ4v) is 3.55. The molecule has 2 aromatic rings. The quantitative estimate of drug-likeness (QED) is 0.841. The van der Waals surface area contributed by atoms with Crippen LogP contribution in [0.1, 0.15) is 23.4 Å². The monoisotopic (exact) mass is 339 g/mol. The van der Waals surface area contributed by atoms with Crippen molar-refractivity contribution >= 4 is 27.3 Å². The smallest absolute Gasteiger partial charge is 0.118 e. The van der Waals surface area contributed by atoms with Gasteiger partial charge in [0.05, 0.1) is 7.11 Å². The van der Waals surface area contributed by atoms with E-state index in [0.29, 0.717) is 6.04 Å². The minimum Gasteiger partial charge on any atom is -0.497 e. The summed E-state index contributed by atoms with van der Waals surface area (Å²) in [5.41, 5.74) is 1.30. The summed E-state index contributed by atoms with van der Waals surface area (Å²) in [5.74, 6) is 0.901. The van der Waals surface area contributed by atoms with Crippen molar-refractivity contribution < 1.29 is 4.74 Å². The molecule has 0 fully saturated rings. The Balaban J connectivity index is 2.13. The highest BCUT2D eigenvalue weighted by Gasteiger charge is 2.12. The molecule has 1 N–H and O–H groups in total. The molecule has 0 saturated heterocycles. The van der Waals surface area contributed by atoms with Gasteiger partial charge < -0.3 is 10.1 Å². The lowest BCUT2D eigenvalue weighted by molar-refractivity contribution is 0.414. The van der Waals surface area contributed by atoms with Crippen molar-refractivity contribution in [2.75, 3.05) is 13.7 Å². The van der Waals surface area contributed by atoms with Crippen LogP contribution in [0.5, 0.6) is 5.75 Å². The number of nitrogens with one attached hydrogen (secondary N) is 1. The topological polar surface area (TPSA) is 21.3 Å². The van der Waals surface area contributed by atoms with E-state index >= 15 is 0 Å². The van der Waals surface area contributed by atoms with Crippen molar-refractivity contribution in [3.05, 3.63) is 50.6 Å². The van der Waals surface area contributed by atoms with Crippen LogP contribution >= 0.6 is 27.3 Å². The lowest BCUT2D eigenvalue weighted by Gasteiger charge is -2.18. The van der Waals surface area contributed by atoms with Gasteiger partial charge in [0.15, 0.2) is 0 Å². The van der Waals surface area contributed by atoms with Gasteiger partial charge in [0.1, 0.15) is 5.75 Å². The number of hydrogen-bond donors (Lipinski definition) is 1. The molecule has 0 amide bonds. The second-order valence-corrected chi connectivity index (χ2v) is 6.23. The predicted molar refractivity (Wildman–Crippen MR) is 85.1 cm³/mol. The minimum atomic E-state index is 0.349. The maximum absolute atomic E-state index is 5.21. The average molecular weight is 340 g/mol. The molecule has 1 aromatic heterocycles. The van der Waals surface area contributed by atoms with E-state index in [9.17, 15) is 0 Å². The van der Waals surface area contributed by atoms with Crippen LogP contribution in [0.4, 0.5) is 0 Å². The van der Waals surface area contributed by atoms with Crippen LogP contribution in [0.25, 0.3) is 0 Å². The molecule has 1 unspecified atom stereocenters. The Hall–Kier alpha value is -0.840. The first kappa shape index (κ1) is 14.6. The molecule has 0 saturated carbocycles. The molecule has 0 bridgehead atoms. The van der Waals surface area contributed by atoms with Crippen LogP contribution in [0.3, 0.4) is 0 Å². The van der Waals surface area contributed by atoms with E-state index in [1.807, 2.05) is 12.1 Å². The molecule has 19 heavy (non-hydrogen) atoms. The van der Waals surface area contributed by atoms with Gasteiger partial charge in [-0.05, 0) is 46.2 Å². The van der Waals surface area contributed by atoms with Crippen LogP contribution in [0, 0.1) is 0 Å². The van der Waals surface area contributed by atoms with E-state index in [1.165, 1.54) is 10.4 Å². The molecule has 1 heterocycles. The van der Waals surface area contributed by atoms with Gasteiger partial charge in [0.2, 0.25) is 0 Å². The highest BCUT2D eigenvalue weighted by Crippen LogP contribution is 2.26. The molecule has 1 atom stereocenters. The van der Waals surface area contributed by atoms with Gasteiger partial charge in [-0.1, -0.05) is 19.1 Å². The summed E-state index contributed by atoms with van der Waals surface area (Å²) < 4.78 is 6.37. The number of likely N-dealkylation sites (N-methyl/N-ethyl adjacent to an activating group) is 1. The number of ether oxygens (including phenoxy) is 1. The van der Waals surface area contributed by atoms with Crippen LogP contribution in [-0.4, -0.2) is 13.7 Å². The second-order valence-electron chi connectivity index (χ2n) is 4.32. The molecule has 0 aliphatic rings. The zero-order chi connectivity index (χ0) is 13.7. The van der Waals surface area contributed by atoms with Crippen molar-refractivity contribution in [1.29, 1.82) is 0 Å². The molecule has 1 aromatic carbocycles. The molecule has 102 valence electrons. The number of benzene rings is 1. The normalized spacial score (nSPS) is 12.4. The molecule has 0 spiro atoms. The molecule has 2 rings (SSSR count). The first-order chi connectivity index (χ1) is 9.22. The third kappa shape index (κ3) is 4.06. The number of hydrogen-bond acceptors (Lipinski definition) is 3. The maximum Gasteiger partial charge on any atom is 0.118 e. The first-order valence-corrected chi connectivity index (χ1v) is 8.00. The molecular formula is C15H18BrNOS. The third-order valence-electron chi connectivity index (χ3n) is 3.00. The van der Waals surface area contributed by atoms with Gasteiger partial charge >= 0.3 is 0 Å². The van der Waals surface area contributed by atoms with E-state index in [0.717, 1.165) is 23.2 Å². The van der Waals surface area contributed by atoms with Gasteiger partial charge in [-0.3, -0.25) is 0 Å². The summed E-state index contributed by atoms with van der Waals surface area (Å²) in [6, 6.07) is 10.8. The van der Waals surface area contributed by atoms with Crippen molar-refractivity contribution in [2.45, 2.75) is 19.4 Å². The molecular weight excluding hydrogens is 322 g/mol. The summed E-state index contributed by atoms with van der Waals surface area (Å²) in [5, 5.41) is 5.68. The lowest BCUT2D eigenvalue weighted by Crippen LogP contribution is -2.22. The Kier molecular flexibility index (Phi) is 5.43. The molecule has 4 heteroatoms. The molecule has 0 aliphatic carbocycles. The predicted octanol–water partition coefficient (Wildman–Crippen LogP) is 4.41. The van der Waals surface area contributed by atoms with Gasteiger partial charge in [-0.25, -0.2) is 0 Å². The molecule has 0 radical (unpaired) electrons. The minimum absolute atomic E-state index is 0.349. The highest BCUT2D eigenvalue weighted by molar-refractivity contribution is 9.10. The van der Waals surface area contributed by atoms with E-state index in [2.05, 4.69) is 51.7 Å². The molecule has 2 nitrogen and oxygen atoms in total. The Morgan fingerprint density at radius 2 is 2.05 bits per heavy atom. The van der Waals surface area contributed by atoms with E-state index in [1.54, 1.807) is 18.4 Å². The maximum atomic E-state index is 5.21. The standard InChI is InChI=1S/C15H18BrNOS/c1-3-17-15(9-14-8-12(16)10-19-14)11-4-6-13(18-2)7-5-11/h4-8,10,15,17H,3,9H2,1-2H3. The van der Waals surface area contributed by atoms with E-state index in [-0.39, 0.29) is 0 Å². The molecule has 0 aliphatic heterocycles. The number of methoxy groups -OCH3 is 1. The Morgan fingerprint density at radius 1 is 1.32 bits per heavy atom. The Labute approximate surface area is 126 Å². The summed E-state index contributed by atoms with van der Waals surface area (Å²) in [4.78, 5) is 1.38. The zero-order valence-corrected chi connectivity index (χ0v) is 13.6. The highest BCUT2D eigenvalue weighted by atomic mass is 79.9. The van der Waals surface area contributed by atoms with E-state index in [4.69, 9.17) is 4.74 Å². The summed E-state index contributed by atoms with van der Waals surface area (Å²) >= 11 is 5.30. The van der Waals surface area contributed by atoms with Crippen molar-refractivity contribution in [2.24, 2.45) is 0 Å². The number of halogens is 1. The third-order valence-corrected chi connectivity index (χ3v) is 4.72. The SMILES string of the molecule is CCNC(Cc1cc(Br)cs1)c1ccc(OC)cc1. The number of rotatable bonds is 6. The summed E-state index contributed by atoms with van der Waals surface area (Å²) in [6.07, 6.45) is 1.01. The van der Waals surface area contributed by atoms with Crippen molar-refractivity contribution in [1.82, 2.24) is 5.32 Å². The van der Waals surface area contributed by atoms with Crippen molar-refractivity contribution in [3.8, 4) is 5.75 Å². The van der Waals surface area contributed by atoms with Crippen molar-refractivity contribution in [3.63, 3.8) is 0 Å². The van der Waals surface area contributed by atoms with Gasteiger partial charge in [0.25, 0.3) is 0 Å². The average Bonchev–Trinajstić information content (AvgIpc) is 2.84. The Morgan fingerprint density at radius 3 is 2.58 bits per heavy atom. The first-order valence-electron chi connectivity index (χ1n) is 6.33. The number of thiophene rings is 1. The van der Waals surface area contributed by atoms with Gasteiger partial charge in [-0.2, -0.15) is 0 Å². The van der Waals surface area contributed by atoms with E-state index < -0.39 is 0 Å². The van der Waals surface area contributed by atoms with Crippen LogP contribution in [0.15, 0.2) is 40.2 Å². The van der Waals surface area contributed by atoms with Crippen LogP contribution in [0.2, 0.25) is 0 Å².